The maximum Gasteiger partial charge on any atom is 0.329 e. The van der Waals surface area contributed by atoms with Crippen molar-refractivity contribution in [1.82, 2.24) is 0 Å². The van der Waals surface area contributed by atoms with Crippen molar-refractivity contribution < 1.29 is 19.1 Å². The molecule has 1 aliphatic heterocycles. The van der Waals surface area contributed by atoms with Crippen LogP contribution in [-0.4, -0.2) is 17.5 Å². The molecule has 18 heavy (non-hydrogen) atoms. The fourth-order valence-corrected chi connectivity index (χ4v) is 2.17. The van der Waals surface area contributed by atoms with Crippen LogP contribution in [0.5, 0.6) is 0 Å². The third-order valence-corrected chi connectivity index (χ3v) is 3.20. The number of ether oxygens (including phenoxy) is 1. The molecule has 0 aromatic carbocycles. The van der Waals surface area contributed by atoms with Crippen molar-refractivity contribution in [2.24, 2.45) is 5.92 Å². The number of carbonyl (C=O) groups is 3. The first kappa shape index (κ1) is 12.4. The van der Waals surface area contributed by atoms with Gasteiger partial charge in [0, 0.05) is 11.0 Å². The van der Waals surface area contributed by atoms with Gasteiger partial charge in [0.25, 0.3) is 0 Å². The lowest BCUT2D eigenvalue weighted by molar-refractivity contribution is -0.151. The van der Waals surface area contributed by atoms with E-state index in [2.05, 4.69) is 0 Å². The van der Waals surface area contributed by atoms with Crippen LogP contribution in [0.3, 0.4) is 0 Å². The number of hydrogen-bond acceptors (Lipinski definition) is 5. The molecule has 1 aliphatic rings. The topological polar surface area (TPSA) is 60.4 Å². The van der Waals surface area contributed by atoms with Gasteiger partial charge in [0.1, 0.15) is 5.76 Å². The van der Waals surface area contributed by atoms with Crippen molar-refractivity contribution in [1.29, 1.82) is 0 Å². The molecule has 0 saturated heterocycles. The number of hydrogen-bond donors (Lipinski definition) is 0. The largest absolute Gasteiger partial charge is 0.430 e. The number of esters is 1. The summed E-state index contributed by atoms with van der Waals surface area (Å²) < 4.78 is 4.78. The van der Waals surface area contributed by atoms with E-state index in [1.165, 1.54) is 30.4 Å². The summed E-state index contributed by atoms with van der Waals surface area (Å²) in [6.07, 6.45) is 3.99. The summed E-state index contributed by atoms with van der Waals surface area (Å²) in [6, 6.07) is 3.68. The molecule has 5 heteroatoms. The third kappa shape index (κ3) is 2.62. The second kappa shape index (κ2) is 5.10. The maximum atomic E-state index is 11.8. The molecule has 1 aromatic rings. The summed E-state index contributed by atoms with van der Waals surface area (Å²) >= 11 is 1.46. The molecule has 4 nitrogen and oxygen atoms in total. The van der Waals surface area contributed by atoms with Crippen molar-refractivity contribution in [2.45, 2.75) is 6.92 Å². The van der Waals surface area contributed by atoms with Crippen LogP contribution in [0.4, 0.5) is 0 Å². The van der Waals surface area contributed by atoms with Gasteiger partial charge in [0.2, 0.25) is 0 Å². The molecule has 0 spiro atoms. The smallest absolute Gasteiger partial charge is 0.329 e. The van der Waals surface area contributed by atoms with Crippen LogP contribution in [0.15, 0.2) is 35.4 Å². The van der Waals surface area contributed by atoms with Gasteiger partial charge in [-0.2, -0.15) is 0 Å². The molecule has 0 bridgehead atoms. The van der Waals surface area contributed by atoms with E-state index in [1.54, 1.807) is 6.08 Å². The molecule has 0 N–H and O–H groups in total. The van der Waals surface area contributed by atoms with Crippen molar-refractivity contribution in [3.63, 3.8) is 0 Å². The average Bonchev–Trinajstić information content (AvgIpc) is 2.77. The Hall–Kier alpha value is -2.01. The Labute approximate surface area is 108 Å². The lowest BCUT2D eigenvalue weighted by Gasteiger charge is -2.15. The predicted molar refractivity (Wildman–Crippen MR) is 66.7 cm³/mol. The fourth-order valence-electron chi connectivity index (χ4n) is 1.55. The molecular weight excluding hydrogens is 252 g/mol. The third-order valence-electron chi connectivity index (χ3n) is 2.37. The van der Waals surface area contributed by atoms with Crippen LogP contribution < -0.4 is 0 Å². The molecule has 1 atom stereocenters. The van der Waals surface area contributed by atoms with Gasteiger partial charge < -0.3 is 4.74 Å². The van der Waals surface area contributed by atoms with Gasteiger partial charge in [-0.25, -0.2) is 0 Å². The van der Waals surface area contributed by atoms with E-state index in [0.717, 1.165) is 4.88 Å². The number of cyclic esters (lactones) is 1. The fraction of sp³-hybridized carbons (Fsp3) is 0.154. The monoisotopic (exact) mass is 262 g/mol. The minimum absolute atomic E-state index is 0.219. The molecule has 2 heterocycles. The zero-order valence-corrected chi connectivity index (χ0v) is 10.4. The van der Waals surface area contributed by atoms with E-state index in [-0.39, 0.29) is 5.76 Å². The molecular formula is C13H10O4S. The van der Waals surface area contributed by atoms with Gasteiger partial charge in [-0.3, -0.25) is 14.4 Å². The lowest BCUT2D eigenvalue weighted by atomic mass is 9.96. The Morgan fingerprint density at radius 2 is 2.22 bits per heavy atom. The summed E-state index contributed by atoms with van der Waals surface area (Å²) in [5, 5.41) is 1.87. The SMILES string of the molecule is CC1=CC(=O)C(C(=O)C=Cc2cccs2)C(=O)O1. The second-order valence-corrected chi connectivity index (χ2v) is 4.74. The second-order valence-electron chi connectivity index (χ2n) is 3.76. The van der Waals surface area contributed by atoms with E-state index in [1.807, 2.05) is 17.5 Å². The number of allylic oxidation sites excluding steroid dienone is 3. The minimum Gasteiger partial charge on any atom is -0.430 e. The van der Waals surface area contributed by atoms with Crippen molar-refractivity contribution in [3.05, 3.63) is 40.3 Å². The van der Waals surface area contributed by atoms with Gasteiger partial charge in [-0.1, -0.05) is 6.07 Å². The predicted octanol–water partition coefficient (Wildman–Crippen LogP) is 1.98. The number of ketones is 2. The first-order valence-corrected chi connectivity index (χ1v) is 6.15. The van der Waals surface area contributed by atoms with Crippen LogP contribution in [0.25, 0.3) is 6.08 Å². The zero-order valence-electron chi connectivity index (χ0n) is 9.58. The Morgan fingerprint density at radius 3 is 2.83 bits per heavy atom. The molecule has 0 saturated carbocycles. The highest BCUT2D eigenvalue weighted by Crippen LogP contribution is 2.17. The van der Waals surface area contributed by atoms with Crippen LogP contribution in [0, 0.1) is 5.92 Å². The molecule has 1 aromatic heterocycles. The normalized spacial score (nSPS) is 19.8. The molecule has 0 radical (unpaired) electrons. The number of rotatable bonds is 3. The van der Waals surface area contributed by atoms with E-state index < -0.39 is 23.5 Å². The molecule has 1 unspecified atom stereocenters. The van der Waals surface area contributed by atoms with Gasteiger partial charge >= 0.3 is 5.97 Å². The number of carbonyl (C=O) groups excluding carboxylic acids is 3. The molecule has 0 amide bonds. The maximum absolute atomic E-state index is 11.8. The van der Waals surface area contributed by atoms with Gasteiger partial charge in [0.05, 0.1) is 0 Å². The first-order valence-electron chi connectivity index (χ1n) is 5.27. The molecule has 0 aliphatic carbocycles. The Morgan fingerprint density at radius 1 is 1.44 bits per heavy atom. The Balaban J connectivity index is 2.14. The van der Waals surface area contributed by atoms with Gasteiger partial charge in [-0.15, -0.1) is 11.3 Å². The molecule has 2 rings (SSSR count). The Bertz CT molecular complexity index is 552. The van der Waals surface area contributed by atoms with Crippen LogP contribution in [0.2, 0.25) is 0 Å². The number of thiophene rings is 1. The quantitative estimate of drug-likeness (QED) is 0.475. The Kier molecular flexibility index (Phi) is 3.53. The highest BCUT2D eigenvalue weighted by atomic mass is 32.1. The van der Waals surface area contributed by atoms with E-state index in [0.29, 0.717) is 0 Å². The van der Waals surface area contributed by atoms with E-state index >= 15 is 0 Å². The highest BCUT2D eigenvalue weighted by Gasteiger charge is 2.36. The average molecular weight is 262 g/mol. The summed E-state index contributed by atoms with van der Waals surface area (Å²) in [6.45, 7) is 1.50. The summed E-state index contributed by atoms with van der Waals surface area (Å²) in [4.78, 5) is 35.7. The summed E-state index contributed by atoms with van der Waals surface area (Å²) in [5.41, 5.74) is 0. The van der Waals surface area contributed by atoms with Crippen molar-refractivity contribution in [2.75, 3.05) is 0 Å². The van der Waals surface area contributed by atoms with E-state index in [4.69, 9.17) is 4.74 Å². The molecule has 0 fully saturated rings. The highest BCUT2D eigenvalue weighted by molar-refractivity contribution is 7.10. The molecule has 92 valence electrons. The van der Waals surface area contributed by atoms with Gasteiger partial charge in [-0.05, 0) is 30.5 Å². The van der Waals surface area contributed by atoms with Crippen molar-refractivity contribution >= 4 is 34.9 Å². The standard InChI is InChI=1S/C13H10O4S/c1-8-7-11(15)12(13(16)17-8)10(14)5-4-9-3-2-6-18-9/h2-7,12H,1H3. The lowest BCUT2D eigenvalue weighted by Crippen LogP contribution is -2.34. The summed E-state index contributed by atoms with van der Waals surface area (Å²) in [7, 11) is 0. The minimum atomic E-state index is -1.36. The van der Waals surface area contributed by atoms with Crippen LogP contribution in [0.1, 0.15) is 11.8 Å². The van der Waals surface area contributed by atoms with Crippen molar-refractivity contribution in [3.8, 4) is 0 Å². The van der Waals surface area contributed by atoms with Gasteiger partial charge in [0.15, 0.2) is 17.5 Å². The first-order chi connectivity index (χ1) is 8.58. The van der Waals surface area contributed by atoms with Crippen LogP contribution >= 0.6 is 11.3 Å². The van der Waals surface area contributed by atoms with E-state index in [9.17, 15) is 14.4 Å². The summed E-state index contributed by atoms with van der Waals surface area (Å²) in [5.74, 6) is -3.02. The zero-order chi connectivity index (χ0) is 13.1. The van der Waals surface area contributed by atoms with Crippen LogP contribution in [-0.2, 0) is 19.1 Å².